The Balaban J connectivity index is 2.08. The van der Waals surface area contributed by atoms with E-state index in [1.165, 1.54) is 0 Å². The number of ether oxygens (including phenoxy) is 1. The van der Waals surface area contributed by atoms with Crippen LogP contribution in [0, 0.1) is 11.6 Å². The van der Waals surface area contributed by atoms with E-state index in [-0.39, 0.29) is 12.4 Å². The number of pyridine rings is 1. The summed E-state index contributed by atoms with van der Waals surface area (Å²) in [5.41, 5.74) is 0.796. The topological polar surface area (TPSA) is 34.2 Å². The van der Waals surface area contributed by atoms with Crippen LogP contribution in [0.25, 0.3) is 0 Å². The van der Waals surface area contributed by atoms with Gasteiger partial charge in [0.05, 0.1) is 0 Å². The lowest BCUT2D eigenvalue weighted by Crippen LogP contribution is -2.07. The second-order valence-corrected chi connectivity index (χ2v) is 4.30. The first-order valence-electron chi connectivity index (χ1n) is 6.46. The Morgan fingerprint density at radius 3 is 2.90 bits per heavy atom. The maximum atomic E-state index is 13.5. The van der Waals surface area contributed by atoms with E-state index < -0.39 is 11.6 Å². The number of nitrogens with zero attached hydrogens (tertiary/aromatic N) is 1. The van der Waals surface area contributed by atoms with Gasteiger partial charge in [-0.15, -0.1) is 0 Å². The van der Waals surface area contributed by atoms with Gasteiger partial charge in [-0.05, 0) is 24.6 Å². The van der Waals surface area contributed by atoms with Crippen LogP contribution in [0.4, 0.5) is 14.6 Å². The lowest BCUT2D eigenvalue weighted by molar-refractivity contribution is 0.288. The van der Waals surface area contributed by atoms with Crippen molar-refractivity contribution in [1.82, 2.24) is 4.98 Å². The van der Waals surface area contributed by atoms with Crippen molar-refractivity contribution in [1.29, 1.82) is 0 Å². The van der Waals surface area contributed by atoms with Crippen molar-refractivity contribution >= 4 is 5.82 Å². The third-order valence-corrected chi connectivity index (χ3v) is 2.71. The molecule has 0 fully saturated rings. The molecule has 0 aliphatic heterocycles. The van der Waals surface area contributed by atoms with Gasteiger partial charge in [0, 0.05) is 24.4 Å². The molecule has 0 saturated carbocycles. The predicted octanol–water partition coefficient (Wildman–Crippen LogP) is 3.76. The van der Waals surface area contributed by atoms with Gasteiger partial charge >= 0.3 is 0 Å². The molecule has 0 atom stereocenters. The smallest absolute Gasteiger partial charge is 0.165 e. The van der Waals surface area contributed by atoms with Crippen molar-refractivity contribution in [3.05, 3.63) is 53.7 Å². The summed E-state index contributed by atoms with van der Waals surface area (Å²) in [6, 6.07) is 6.75. The van der Waals surface area contributed by atoms with Gasteiger partial charge in [-0.1, -0.05) is 13.0 Å². The minimum absolute atomic E-state index is 0.102. The molecule has 2 aromatic rings. The molecule has 1 N–H and O–H groups in total. The summed E-state index contributed by atoms with van der Waals surface area (Å²) < 4.78 is 31.8. The number of hydrogen-bond acceptors (Lipinski definition) is 3. The Bertz CT molecular complexity index is 576. The lowest BCUT2D eigenvalue weighted by atomic mass is 10.2. The second-order valence-electron chi connectivity index (χ2n) is 4.30. The number of aromatic nitrogens is 1. The Kier molecular flexibility index (Phi) is 4.87. The first-order valence-corrected chi connectivity index (χ1v) is 6.46. The van der Waals surface area contributed by atoms with Crippen LogP contribution in [-0.2, 0) is 6.61 Å². The molecule has 106 valence electrons. The average molecular weight is 278 g/mol. The third kappa shape index (κ3) is 3.66. The van der Waals surface area contributed by atoms with Gasteiger partial charge in [0.25, 0.3) is 0 Å². The van der Waals surface area contributed by atoms with Crippen LogP contribution in [0.2, 0.25) is 0 Å². The zero-order valence-corrected chi connectivity index (χ0v) is 11.2. The SMILES string of the molecule is CCCNc1ncccc1COc1cc(F)ccc1F. The Labute approximate surface area is 116 Å². The molecule has 5 heteroatoms. The van der Waals surface area contributed by atoms with Crippen molar-refractivity contribution in [2.24, 2.45) is 0 Å². The van der Waals surface area contributed by atoms with Crippen molar-refractivity contribution in [2.75, 3.05) is 11.9 Å². The van der Waals surface area contributed by atoms with Gasteiger partial charge in [-0.25, -0.2) is 13.8 Å². The molecular formula is C15H16F2N2O. The van der Waals surface area contributed by atoms with E-state index in [1.54, 1.807) is 12.3 Å². The van der Waals surface area contributed by atoms with Gasteiger partial charge in [-0.2, -0.15) is 0 Å². The molecule has 0 aliphatic carbocycles. The van der Waals surface area contributed by atoms with Crippen LogP contribution in [0.5, 0.6) is 5.75 Å². The van der Waals surface area contributed by atoms with E-state index in [9.17, 15) is 8.78 Å². The third-order valence-electron chi connectivity index (χ3n) is 2.71. The van der Waals surface area contributed by atoms with Crippen molar-refractivity contribution < 1.29 is 13.5 Å². The van der Waals surface area contributed by atoms with Gasteiger partial charge < -0.3 is 10.1 Å². The van der Waals surface area contributed by atoms with Gasteiger partial charge in [-0.3, -0.25) is 0 Å². The quantitative estimate of drug-likeness (QED) is 0.873. The fraction of sp³-hybridized carbons (Fsp3) is 0.267. The molecular weight excluding hydrogens is 262 g/mol. The lowest BCUT2D eigenvalue weighted by Gasteiger charge is -2.11. The van der Waals surface area contributed by atoms with Crippen LogP contribution in [0.1, 0.15) is 18.9 Å². The Morgan fingerprint density at radius 2 is 2.10 bits per heavy atom. The van der Waals surface area contributed by atoms with Crippen molar-refractivity contribution in [3.63, 3.8) is 0 Å². The first-order chi connectivity index (χ1) is 9.70. The summed E-state index contributed by atoms with van der Waals surface area (Å²) in [6.45, 7) is 2.97. The zero-order valence-electron chi connectivity index (χ0n) is 11.2. The monoisotopic (exact) mass is 278 g/mol. The highest BCUT2D eigenvalue weighted by atomic mass is 19.1. The number of nitrogens with one attached hydrogen (secondary N) is 1. The fourth-order valence-corrected chi connectivity index (χ4v) is 1.70. The summed E-state index contributed by atoms with van der Waals surface area (Å²) in [5, 5.41) is 3.17. The number of benzene rings is 1. The maximum Gasteiger partial charge on any atom is 0.165 e. The number of rotatable bonds is 6. The molecule has 1 aromatic heterocycles. The fourth-order valence-electron chi connectivity index (χ4n) is 1.70. The Hall–Kier alpha value is -2.17. The molecule has 0 saturated heterocycles. The van der Waals surface area contributed by atoms with E-state index in [1.807, 2.05) is 13.0 Å². The van der Waals surface area contributed by atoms with E-state index in [4.69, 9.17) is 4.74 Å². The zero-order chi connectivity index (χ0) is 14.4. The Morgan fingerprint density at radius 1 is 1.25 bits per heavy atom. The summed E-state index contributed by atoms with van der Waals surface area (Å²) in [6.07, 6.45) is 2.64. The molecule has 1 aromatic carbocycles. The molecule has 0 unspecified atom stereocenters. The van der Waals surface area contributed by atoms with Crippen LogP contribution in [0.15, 0.2) is 36.5 Å². The highest BCUT2D eigenvalue weighted by Crippen LogP contribution is 2.21. The predicted molar refractivity (Wildman–Crippen MR) is 73.7 cm³/mol. The van der Waals surface area contributed by atoms with Crippen LogP contribution in [0.3, 0.4) is 0 Å². The molecule has 2 rings (SSSR count). The van der Waals surface area contributed by atoms with Gasteiger partial charge in [0.2, 0.25) is 0 Å². The van der Waals surface area contributed by atoms with Crippen molar-refractivity contribution in [3.8, 4) is 5.75 Å². The minimum Gasteiger partial charge on any atom is -0.486 e. The summed E-state index contributed by atoms with van der Waals surface area (Å²) in [7, 11) is 0. The molecule has 0 bridgehead atoms. The van der Waals surface area contributed by atoms with Crippen LogP contribution in [-0.4, -0.2) is 11.5 Å². The molecule has 20 heavy (non-hydrogen) atoms. The largest absolute Gasteiger partial charge is 0.486 e. The van der Waals surface area contributed by atoms with Gasteiger partial charge in [0.15, 0.2) is 11.6 Å². The molecule has 1 heterocycles. The minimum atomic E-state index is -0.585. The van der Waals surface area contributed by atoms with Crippen molar-refractivity contribution in [2.45, 2.75) is 20.0 Å². The second kappa shape index (κ2) is 6.84. The van der Waals surface area contributed by atoms with E-state index in [2.05, 4.69) is 10.3 Å². The normalized spacial score (nSPS) is 10.3. The first kappa shape index (κ1) is 14.2. The highest BCUT2D eigenvalue weighted by molar-refractivity contribution is 5.43. The van der Waals surface area contributed by atoms with E-state index in [0.717, 1.165) is 36.7 Å². The average Bonchev–Trinajstić information content (AvgIpc) is 2.47. The van der Waals surface area contributed by atoms with Crippen LogP contribution >= 0.6 is 0 Å². The summed E-state index contributed by atoms with van der Waals surface area (Å²) in [5.74, 6) is -0.517. The summed E-state index contributed by atoms with van der Waals surface area (Å²) >= 11 is 0. The highest BCUT2D eigenvalue weighted by Gasteiger charge is 2.08. The summed E-state index contributed by atoms with van der Waals surface area (Å²) in [4.78, 5) is 4.21. The van der Waals surface area contributed by atoms with E-state index in [0.29, 0.717) is 5.82 Å². The number of anilines is 1. The number of hydrogen-bond donors (Lipinski definition) is 1. The molecule has 0 spiro atoms. The van der Waals surface area contributed by atoms with Crippen LogP contribution < -0.4 is 10.1 Å². The maximum absolute atomic E-state index is 13.5. The number of halogens is 2. The van der Waals surface area contributed by atoms with E-state index >= 15 is 0 Å². The molecule has 3 nitrogen and oxygen atoms in total. The molecule has 0 amide bonds. The molecule has 0 aliphatic rings. The van der Waals surface area contributed by atoms with Gasteiger partial charge in [0.1, 0.15) is 18.2 Å². The standard InChI is InChI=1S/C15H16F2N2O/c1-2-7-18-15-11(4-3-8-19-15)10-20-14-9-12(16)5-6-13(14)17/h3-6,8-9H,2,7,10H2,1H3,(H,18,19). The molecule has 0 radical (unpaired) electrons.